The van der Waals surface area contributed by atoms with Gasteiger partial charge >= 0.3 is 0 Å². The molecule has 0 atom stereocenters. The second-order valence-corrected chi connectivity index (χ2v) is 3.30. The van der Waals surface area contributed by atoms with E-state index in [1.165, 1.54) is 6.92 Å². The minimum atomic E-state index is -0.223. The largest absolute Gasteiger partial charge is 0.273 e. The third-order valence-corrected chi connectivity index (χ3v) is 2.01. The zero-order valence-corrected chi connectivity index (χ0v) is 10.1. The number of carbonyl (C=O) groups excluding carboxylic acids is 1. The van der Waals surface area contributed by atoms with Crippen LogP contribution in [0.25, 0.3) is 5.69 Å². The molecule has 0 spiro atoms. The monoisotopic (exact) mass is 249 g/mol. The maximum Gasteiger partial charge on any atom is 0.243 e. The topological polar surface area (TPSA) is 47.2 Å². The predicted octanol–water partition coefficient (Wildman–Crippen LogP) is 1.74. The minimum absolute atomic E-state index is 0. The Hall–Kier alpha value is -1.94. The zero-order valence-electron chi connectivity index (χ0n) is 9.28. The number of carbonyl (C=O) groups is 1. The van der Waals surface area contributed by atoms with Gasteiger partial charge in [-0.25, -0.2) is 9.67 Å². The quantitative estimate of drug-likeness (QED) is 0.773. The van der Waals surface area contributed by atoms with Crippen molar-refractivity contribution in [1.29, 1.82) is 0 Å². The Bertz CT molecular complexity index is 543. The zero-order chi connectivity index (χ0) is 11.4. The van der Waals surface area contributed by atoms with Crippen molar-refractivity contribution >= 4 is 18.3 Å². The van der Waals surface area contributed by atoms with Crippen molar-refractivity contribution in [3.63, 3.8) is 0 Å². The molecule has 1 aromatic heterocycles. The van der Waals surface area contributed by atoms with Crippen LogP contribution in [0.1, 0.15) is 6.92 Å². The Morgan fingerprint density at radius 3 is 2.47 bits per heavy atom. The normalized spacial score (nSPS) is 10.8. The average molecular weight is 250 g/mol. The van der Waals surface area contributed by atoms with Crippen LogP contribution < -0.4 is 5.36 Å². The molecule has 0 aliphatic carbocycles. The van der Waals surface area contributed by atoms with Crippen molar-refractivity contribution in [3.8, 4) is 5.69 Å². The van der Waals surface area contributed by atoms with Crippen molar-refractivity contribution in [3.05, 3.63) is 54.1 Å². The van der Waals surface area contributed by atoms with Gasteiger partial charge in [-0.3, -0.25) is 4.79 Å². The lowest BCUT2D eigenvalue weighted by Gasteiger charge is -2.02. The molecule has 17 heavy (non-hydrogen) atoms. The maximum absolute atomic E-state index is 10.8. The first-order valence-electron chi connectivity index (χ1n) is 4.91. The van der Waals surface area contributed by atoms with E-state index in [2.05, 4.69) is 10.1 Å². The van der Waals surface area contributed by atoms with Crippen molar-refractivity contribution in [2.75, 3.05) is 0 Å². The van der Waals surface area contributed by atoms with Crippen LogP contribution in [-0.4, -0.2) is 15.7 Å². The Labute approximate surface area is 105 Å². The summed E-state index contributed by atoms with van der Waals surface area (Å²) in [5.41, 5.74) is 0.969. The number of para-hydroxylation sites is 1. The van der Waals surface area contributed by atoms with E-state index in [0.29, 0.717) is 5.36 Å². The van der Waals surface area contributed by atoms with Gasteiger partial charge in [0.15, 0.2) is 0 Å². The second kappa shape index (κ2) is 5.96. The van der Waals surface area contributed by atoms with Gasteiger partial charge in [0.2, 0.25) is 5.91 Å². The fraction of sp³-hybridized carbons (Fsp3) is 0.0833. The molecular weight excluding hydrogens is 238 g/mol. The second-order valence-electron chi connectivity index (χ2n) is 3.30. The first kappa shape index (κ1) is 13.1. The number of amides is 1. The highest BCUT2D eigenvalue weighted by atomic mass is 35.5. The van der Waals surface area contributed by atoms with Gasteiger partial charge in [0.25, 0.3) is 0 Å². The molecule has 0 N–H and O–H groups in total. The van der Waals surface area contributed by atoms with E-state index < -0.39 is 0 Å². The van der Waals surface area contributed by atoms with Gasteiger partial charge in [0.05, 0.1) is 17.2 Å². The number of rotatable bonds is 1. The molecular formula is C12H12ClN3O. The summed E-state index contributed by atoms with van der Waals surface area (Å²) in [4.78, 5) is 14.5. The number of nitrogens with zero attached hydrogens (tertiary/aromatic N) is 3. The van der Waals surface area contributed by atoms with Crippen LogP contribution in [-0.2, 0) is 4.79 Å². The fourth-order valence-corrected chi connectivity index (χ4v) is 1.33. The van der Waals surface area contributed by atoms with Gasteiger partial charge in [-0.2, -0.15) is 5.10 Å². The molecule has 1 heterocycles. The summed E-state index contributed by atoms with van der Waals surface area (Å²) in [6.07, 6.45) is 3.34. The summed E-state index contributed by atoms with van der Waals surface area (Å²) in [5.74, 6) is -0.223. The van der Waals surface area contributed by atoms with E-state index in [1.807, 2.05) is 30.3 Å². The van der Waals surface area contributed by atoms with Gasteiger partial charge in [0, 0.05) is 13.1 Å². The lowest BCUT2D eigenvalue weighted by Crippen LogP contribution is -2.09. The lowest BCUT2D eigenvalue weighted by molar-refractivity contribution is -0.116. The van der Waals surface area contributed by atoms with Gasteiger partial charge < -0.3 is 0 Å². The summed E-state index contributed by atoms with van der Waals surface area (Å²) < 4.78 is 1.72. The maximum atomic E-state index is 10.8. The Kier molecular flexibility index (Phi) is 4.60. The van der Waals surface area contributed by atoms with Crippen LogP contribution in [0.2, 0.25) is 0 Å². The Morgan fingerprint density at radius 2 is 1.94 bits per heavy atom. The van der Waals surface area contributed by atoms with E-state index >= 15 is 0 Å². The molecule has 88 valence electrons. The Morgan fingerprint density at radius 1 is 1.24 bits per heavy atom. The lowest BCUT2D eigenvalue weighted by atomic mass is 10.3. The van der Waals surface area contributed by atoms with E-state index in [4.69, 9.17) is 0 Å². The Balaban J connectivity index is 0.00000144. The van der Waals surface area contributed by atoms with E-state index in [1.54, 1.807) is 23.1 Å². The third-order valence-electron chi connectivity index (χ3n) is 2.01. The molecule has 0 radical (unpaired) electrons. The van der Waals surface area contributed by atoms with E-state index in [0.717, 1.165) is 5.69 Å². The molecule has 0 bridgehead atoms. The predicted molar refractivity (Wildman–Crippen MR) is 67.1 cm³/mol. The third kappa shape index (κ3) is 3.53. The number of hydrogen-bond donors (Lipinski definition) is 0. The molecule has 0 aliphatic heterocycles. The van der Waals surface area contributed by atoms with Gasteiger partial charge in [0.1, 0.15) is 0 Å². The number of aromatic nitrogens is 2. The first-order valence-corrected chi connectivity index (χ1v) is 4.91. The summed E-state index contributed by atoms with van der Waals surface area (Å²) in [6, 6.07) is 11.5. The highest BCUT2D eigenvalue weighted by Gasteiger charge is 1.93. The molecule has 0 aliphatic rings. The SMILES string of the molecule is CC(=O)/N=c1/ccn(-c2ccccc2)nc1.Cl. The van der Waals surface area contributed by atoms with Crippen molar-refractivity contribution in [2.45, 2.75) is 6.92 Å². The van der Waals surface area contributed by atoms with E-state index in [-0.39, 0.29) is 18.3 Å². The molecule has 1 aromatic carbocycles. The molecule has 1 amide bonds. The minimum Gasteiger partial charge on any atom is -0.273 e. The van der Waals surface area contributed by atoms with Crippen molar-refractivity contribution < 1.29 is 4.79 Å². The standard InChI is InChI=1S/C12H11N3O.ClH/c1-10(16)14-11-7-8-15(13-9-11)12-5-3-2-4-6-12;/h2-9H,1H3;1H/b14-11-;. The molecule has 0 saturated heterocycles. The highest BCUT2D eigenvalue weighted by molar-refractivity contribution is 5.85. The molecule has 0 fully saturated rings. The van der Waals surface area contributed by atoms with Gasteiger partial charge in [-0.15, -0.1) is 12.4 Å². The van der Waals surface area contributed by atoms with Crippen LogP contribution in [0.4, 0.5) is 0 Å². The van der Waals surface area contributed by atoms with Crippen LogP contribution in [0.15, 0.2) is 53.8 Å². The highest BCUT2D eigenvalue weighted by Crippen LogP contribution is 2.02. The van der Waals surface area contributed by atoms with Gasteiger partial charge in [-0.1, -0.05) is 18.2 Å². The molecule has 4 nitrogen and oxygen atoms in total. The van der Waals surface area contributed by atoms with Crippen LogP contribution >= 0.6 is 12.4 Å². The number of benzene rings is 1. The van der Waals surface area contributed by atoms with Crippen molar-refractivity contribution in [2.24, 2.45) is 4.99 Å². The van der Waals surface area contributed by atoms with Crippen LogP contribution in [0.3, 0.4) is 0 Å². The molecule has 2 rings (SSSR count). The summed E-state index contributed by atoms with van der Waals surface area (Å²) in [5, 5.41) is 4.74. The summed E-state index contributed by atoms with van der Waals surface area (Å²) in [6.45, 7) is 1.41. The molecule has 0 unspecified atom stereocenters. The molecule has 2 aromatic rings. The summed E-state index contributed by atoms with van der Waals surface area (Å²) in [7, 11) is 0. The molecule has 0 saturated carbocycles. The number of halogens is 1. The average Bonchev–Trinajstić information content (AvgIpc) is 2.30. The van der Waals surface area contributed by atoms with E-state index in [9.17, 15) is 4.79 Å². The smallest absolute Gasteiger partial charge is 0.243 e. The fourth-order valence-electron chi connectivity index (χ4n) is 1.33. The van der Waals surface area contributed by atoms with Gasteiger partial charge in [-0.05, 0) is 18.2 Å². The van der Waals surface area contributed by atoms with Crippen LogP contribution in [0, 0.1) is 0 Å². The van der Waals surface area contributed by atoms with Crippen LogP contribution in [0.5, 0.6) is 0 Å². The summed E-state index contributed by atoms with van der Waals surface area (Å²) >= 11 is 0. The first-order chi connectivity index (χ1) is 7.75. The van der Waals surface area contributed by atoms with Crippen molar-refractivity contribution in [1.82, 2.24) is 9.78 Å². The number of hydrogen-bond acceptors (Lipinski definition) is 2. The molecule has 5 heteroatoms.